The molecular weight excluding hydrogens is 468 g/mol. The minimum Gasteiger partial charge on any atom is -0.619 e. The van der Waals surface area contributed by atoms with Gasteiger partial charge in [-0.2, -0.15) is 4.73 Å². The second-order valence-corrected chi connectivity index (χ2v) is 10.2. The van der Waals surface area contributed by atoms with E-state index < -0.39 is 20.0 Å². The third-order valence-corrected chi connectivity index (χ3v) is 8.00. The van der Waals surface area contributed by atoms with Crippen LogP contribution >= 0.6 is 19.0 Å². The molecular formula is C23H20ClFN3O4P. The Morgan fingerprint density at radius 2 is 1.94 bits per heavy atom. The summed E-state index contributed by atoms with van der Waals surface area (Å²) < 4.78 is 33.7. The normalized spacial score (nSPS) is 13.1. The molecule has 10 heteroatoms. The number of nitrogens with one attached hydrogen (secondary N) is 2. The highest BCUT2D eigenvalue weighted by Crippen LogP contribution is 2.47. The van der Waals surface area contributed by atoms with E-state index in [-0.39, 0.29) is 22.8 Å². The maximum atomic E-state index is 14.3. The van der Waals surface area contributed by atoms with Gasteiger partial charge in [0.1, 0.15) is 12.4 Å². The molecule has 4 aromatic rings. The number of carbonyl (C=O) groups is 1. The van der Waals surface area contributed by atoms with Gasteiger partial charge in [0.05, 0.1) is 5.30 Å². The summed E-state index contributed by atoms with van der Waals surface area (Å²) in [4.78, 5) is 16.2. The molecule has 1 unspecified atom stereocenters. The number of alkyl halides is 1. The average Bonchev–Trinajstić information content (AvgIpc) is 3.22. The van der Waals surface area contributed by atoms with Crippen molar-refractivity contribution in [2.24, 2.45) is 0 Å². The highest BCUT2D eigenvalue weighted by Gasteiger charge is 2.36. The quantitative estimate of drug-likeness (QED) is 0.236. The number of halogens is 2. The predicted molar refractivity (Wildman–Crippen MR) is 125 cm³/mol. The van der Waals surface area contributed by atoms with Gasteiger partial charge in [-0.15, -0.1) is 0 Å². The Balaban J connectivity index is 1.82. The van der Waals surface area contributed by atoms with Crippen molar-refractivity contribution in [2.75, 3.05) is 7.11 Å². The van der Waals surface area contributed by atoms with Crippen LogP contribution in [0.15, 0.2) is 67.0 Å². The van der Waals surface area contributed by atoms with Crippen LogP contribution in [0.3, 0.4) is 0 Å². The molecule has 0 aliphatic heterocycles. The molecule has 170 valence electrons. The molecule has 0 spiro atoms. The van der Waals surface area contributed by atoms with Crippen molar-refractivity contribution in [1.29, 1.82) is 0 Å². The van der Waals surface area contributed by atoms with Crippen LogP contribution in [-0.2, 0) is 22.3 Å². The number of fused-ring (bicyclic) bond motifs is 1. The smallest absolute Gasteiger partial charge is 0.268 e. The van der Waals surface area contributed by atoms with Gasteiger partial charge in [0.25, 0.3) is 13.3 Å². The van der Waals surface area contributed by atoms with E-state index in [1.807, 2.05) is 0 Å². The molecule has 0 aliphatic rings. The van der Waals surface area contributed by atoms with Gasteiger partial charge in [-0.1, -0.05) is 23.7 Å². The van der Waals surface area contributed by atoms with Gasteiger partial charge in [0.2, 0.25) is 0 Å². The fourth-order valence-electron chi connectivity index (χ4n) is 3.60. The van der Waals surface area contributed by atoms with Crippen LogP contribution < -0.4 is 20.7 Å². The van der Waals surface area contributed by atoms with Crippen LogP contribution in [0.4, 0.5) is 4.39 Å². The van der Waals surface area contributed by atoms with Gasteiger partial charge in [-0.3, -0.25) is 9.36 Å². The molecule has 4 rings (SSSR count). The fraction of sp³-hybridized carbons (Fsp3) is 0.130. The Bertz CT molecular complexity index is 1370. The third kappa shape index (κ3) is 4.50. The zero-order chi connectivity index (χ0) is 23.6. The lowest BCUT2D eigenvalue weighted by Gasteiger charge is -2.18. The molecule has 2 heterocycles. The lowest BCUT2D eigenvalue weighted by molar-refractivity contribution is -0.605. The first-order valence-corrected chi connectivity index (χ1v) is 11.9. The summed E-state index contributed by atoms with van der Waals surface area (Å²) in [5, 5.41) is 15.3. The summed E-state index contributed by atoms with van der Waals surface area (Å²) in [6.45, 7) is -0.588. The summed E-state index contributed by atoms with van der Waals surface area (Å²) in [6.07, 6.45) is 2.66. The van der Waals surface area contributed by atoms with E-state index in [9.17, 15) is 19.0 Å². The number of rotatable bonds is 7. The molecule has 7 nitrogen and oxygen atoms in total. The Labute approximate surface area is 194 Å². The maximum Gasteiger partial charge on any atom is 0.268 e. The Kier molecular flexibility index (Phi) is 6.51. The summed E-state index contributed by atoms with van der Waals surface area (Å²) in [7, 11) is -2.53. The monoisotopic (exact) mass is 487 g/mol. The number of amides is 1. The number of H-pyrrole nitrogens is 1. The zero-order valence-electron chi connectivity index (χ0n) is 17.5. The molecule has 0 bridgehead atoms. The van der Waals surface area contributed by atoms with Gasteiger partial charge in [0.15, 0.2) is 12.4 Å². The minimum atomic E-state index is -3.82. The highest BCUT2D eigenvalue weighted by atomic mass is 35.5. The number of aromatic amines is 1. The van der Waals surface area contributed by atoms with Crippen molar-refractivity contribution in [3.63, 3.8) is 0 Å². The molecule has 0 saturated carbocycles. The maximum absolute atomic E-state index is 14.3. The molecule has 0 fully saturated rings. The molecule has 0 saturated heterocycles. The Morgan fingerprint density at radius 1 is 1.18 bits per heavy atom. The molecule has 1 amide bonds. The number of nitrogens with zero attached hydrogens (tertiary/aromatic N) is 1. The van der Waals surface area contributed by atoms with Gasteiger partial charge in [-0.05, 0) is 41.5 Å². The van der Waals surface area contributed by atoms with Crippen LogP contribution in [0.25, 0.3) is 10.9 Å². The van der Waals surface area contributed by atoms with Crippen LogP contribution in [0.1, 0.15) is 21.6 Å². The molecule has 33 heavy (non-hydrogen) atoms. The Hall–Kier alpha value is -3.19. The van der Waals surface area contributed by atoms with Crippen molar-refractivity contribution < 1.29 is 23.0 Å². The highest BCUT2D eigenvalue weighted by molar-refractivity contribution is 7.75. The number of pyridine rings is 1. The molecule has 2 N–H and O–H groups in total. The predicted octanol–water partition coefficient (Wildman–Crippen LogP) is 3.73. The second-order valence-electron chi connectivity index (χ2n) is 7.33. The number of carbonyl (C=O) groups excluding carboxylic acids is 1. The van der Waals surface area contributed by atoms with Gasteiger partial charge < -0.3 is 20.0 Å². The number of hydrogen-bond acceptors (Lipinski definition) is 4. The van der Waals surface area contributed by atoms with E-state index in [0.29, 0.717) is 31.8 Å². The standard InChI is InChI=1S/C23H20ClFN3O4P/c1-32-33(31,18-4-2-3-16(11-18)13-25)22-19-12-17(24)5-6-20(19)27-21(22)23(29)26-14-15-7-9-28(30)10-8-15/h2-12,27H,13-14H2,1H3,(H,26,29). The van der Waals surface area contributed by atoms with Crippen molar-refractivity contribution in [2.45, 2.75) is 13.2 Å². The number of aromatic nitrogens is 2. The molecule has 2 aromatic carbocycles. The zero-order valence-corrected chi connectivity index (χ0v) is 19.2. The Morgan fingerprint density at radius 3 is 2.64 bits per heavy atom. The van der Waals surface area contributed by atoms with E-state index >= 15 is 0 Å². The van der Waals surface area contributed by atoms with E-state index in [1.54, 1.807) is 48.5 Å². The summed E-state index contributed by atoms with van der Waals surface area (Å²) in [5.41, 5.74) is 1.65. The number of benzene rings is 2. The first-order chi connectivity index (χ1) is 15.9. The topological polar surface area (TPSA) is 98.1 Å². The third-order valence-electron chi connectivity index (χ3n) is 5.24. The van der Waals surface area contributed by atoms with Crippen LogP contribution in [0, 0.1) is 5.21 Å². The van der Waals surface area contributed by atoms with E-state index in [0.717, 1.165) is 0 Å². The summed E-state index contributed by atoms with van der Waals surface area (Å²) in [6, 6.07) is 14.3. The van der Waals surface area contributed by atoms with Gasteiger partial charge in [0, 0.05) is 47.0 Å². The lowest BCUT2D eigenvalue weighted by Crippen LogP contribution is -2.30. The SMILES string of the molecule is COP(=O)(c1cccc(CF)c1)c1c(C(=O)NCc2cc[n+]([O-])cc2)[nH]c2ccc(Cl)cc12. The average molecular weight is 488 g/mol. The van der Waals surface area contributed by atoms with Crippen LogP contribution in [0.5, 0.6) is 0 Å². The van der Waals surface area contributed by atoms with Gasteiger partial charge in [-0.25, -0.2) is 4.39 Å². The molecule has 0 radical (unpaired) electrons. The van der Waals surface area contributed by atoms with E-state index in [2.05, 4.69) is 10.3 Å². The van der Waals surface area contributed by atoms with Crippen LogP contribution in [0.2, 0.25) is 5.02 Å². The number of hydrogen-bond donors (Lipinski definition) is 2. The second kappa shape index (κ2) is 9.35. The minimum absolute atomic E-state index is 0.0536. The van der Waals surface area contributed by atoms with Crippen molar-refractivity contribution in [3.8, 4) is 0 Å². The molecule has 2 aromatic heterocycles. The summed E-state index contributed by atoms with van der Waals surface area (Å²) in [5.74, 6) is -0.518. The van der Waals surface area contributed by atoms with Crippen molar-refractivity contribution in [1.82, 2.24) is 10.3 Å². The van der Waals surface area contributed by atoms with E-state index in [4.69, 9.17) is 16.1 Å². The van der Waals surface area contributed by atoms with Gasteiger partial charge >= 0.3 is 0 Å². The first kappa shape index (κ1) is 23.0. The fourth-order valence-corrected chi connectivity index (χ4v) is 6.00. The molecule has 0 aliphatic carbocycles. The summed E-state index contributed by atoms with van der Waals surface area (Å²) >= 11 is 6.20. The van der Waals surface area contributed by atoms with Crippen molar-refractivity contribution >= 4 is 46.4 Å². The van der Waals surface area contributed by atoms with Crippen LogP contribution in [-0.4, -0.2) is 18.0 Å². The first-order valence-electron chi connectivity index (χ1n) is 9.94. The molecule has 1 atom stereocenters. The van der Waals surface area contributed by atoms with E-state index in [1.165, 1.54) is 25.6 Å². The largest absolute Gasteiger partial charge is 0.619 e. The van der Waals surface area contributed by atoms with Crippen molar-refractivity contribution in [3.05, 3.63) is 94.0 Å². The lowest BCUT2D eigenvalue weighted by atomic mass is 10.2.